The highest BCUT2D eigenvalue weighted by atomic mass is 32.2. The van der Waals surface area contributed by atoms with Crippen molar-refractivity contribution >= 4 is 27.3 Å². The van der Waals surface area contributed by atoms with Gasteiger partial charge in [0, 0.05) is 11.6 Å². The summed E-state index contributed by atoms with van der Waals surface area (Å²) in [7, 11) is -3.74. The summed E-state index contributed by atoms with van der Waals surface area (Å²) in [6, 6.07) is 18.7. The predicted molar refractivity (Wildman–Crippen MR) is 148 cm³/mol. The summed E-state index contributed by atoms with van der Waals surface area (Å²) in [4.78, 5) is 23.3. The number of sulfonamides is 1. The standard InChI is InChI=1S/C28H33N3O6S/c1-20-25(7-6-8-26(20)31(33)34)30(38(5,35)36)19-21-9-11-22(12-10-21)27(32)29-17-18-37-24-15-13-23(14-16-24)28(2,3)4/h6-16H,17-19H2,1-5H3,(H,29,32). The first-order valence-electron chi connectivity index (χ1n) is 12.1. The van der Waals surface area contributed by atoms with Crippen LogP contribution in [0.2, 0.25) is 0 Å². The first-order valence-corrected chi connectivity index (χ1v) is 13.9. The zero-order valence-electron chi connectivity index (χ0n) is 22.2. The molecule has 0 spiro atoms. The molecule has 1 N–H and O–H groups in total. The monoisotopic (exact) mass is 539 g/mol. The maximum absolute atomic E-state index is 12.5. The molecule has 3 rings (SSSR count). The number of hydrogen-bond acceptors (Lipinski definition) is 6. The van der Waals surface area contributed by atoms with Crippen LogP contribution in [0.3, 0.4) is 0 Å². The molecule has 1 amide bonds. The first kappa shape index (κ1) is 28.6. The fourth-order valence-corrected chi connectivity index (χ4v) is 4.81. The third-order valence-corrected chi connectivity index (χ3v) is 7.19. The lowest BCUT2D eigenvalue weighted by Gasteiger charge is -2.24. The van der Waals surface area contributed by atoms with Crippen LogP contribution in [0.1, 0.15) is 47.8 Å². The van der Waals surface area contributed by atoms with Crippen molar-refractivity contribution in [1.82, 2.24) is 5.32 Å². The maximum Gasteiger partial charge on any atom is 0.274 e. The lowest BCUT2D eigenvalue weighted by atomic mass is 9.87. The van der Waals surface area contributed by atoms with E-state index in [0.29, 0.717) is 24.3 Å². The Morgan fingerprint density at radius 3 is 2.21 bits per heavy atom. The highest BCUT2D eigenvalue weighted by Crippen LogP contribution is 2.31. The molecule has 3 aromatic rings. The van der Waals surface area contributed by atoms with Gasteiger partial charge in [0.2, 0.25) is 10.0 Å². The quantitative estimate of drug-likeness (QED) is 0.221. The van der Waals surface area contributed by atoms with E-state index in [9.17, 15) is 23.3 Å². The molecule has 0 unspecified atom stereocenters. The molecule has 0 fully saturated rings. The summed E-state index contributed by atoms with van der Waals surface area (Å²) < 4.78 is 31.9. The minimum atomic E-state index is -3.74. The van der Waals surface area contributed by atoms with Crippen molar-refractivity contribution in [1.29, 1.82) is 0 Å². The molecular weight excluding hydrogens is 506 g/mol. The minimum Gasteiger partial charge on any atom is -0.492 e. The lowest BCUT2D eigenvalue weighted by molar-refractivity contribution is -0.385. The number of amides is 1. The van der Waals surface area contributed by atoms with Crippen LogP contribution in [0, 0.1) is 17.0 Å². The zero-order valence-corrected chi connectivity index (χ0v) is 23.0. The second kappa shape index (κ2) is 11.6. The molecule has 0 aliphatic rings. The molecule has 3 aromatic carbocycles. The Hall–Kier alpha value is -3.92. The van der Waals surface area contributed by atoms with Gasteiger partial charge in [-0.05, 0) is 53.8 Å². The van der Waals surface area contributed by atoms with Crippen LogP contribution >= 0.6 is 0 Å². The van der Waals surface area contributed by atoms with E-state index in [1.165, 1.54) is 30.7 Å². The molecule has 0 aliphatic carbocycles. The molecule has 9 nitrogen and oxygen atoms in total. The van der Waals surface area contributed by atoms with Gasteiger partial charge >= 0.3 is 0 Å². The van der Waals surface area contributed by atoms with E-state index in [1.807, 2.05) is 24.3 Å². The van der Waals surface area contributed by atoms with Crippen molar-refractivity contribution in [3.63, 3.8) is 0 Å². The molecule has 0 saturated carbocycles. The lowest BCUT2D eigenvalue weighted by Crippen LogP contribution is -2.30. The summed E-state index contributed by atoms with van der Waals surface area (Å²) >= 11 is 0. The SMILES string of the molecule is Cc1c(N(Cc2ccc(C(=O)NCCOc3ccc(C(C)(C)C)cc3)cc2)S(C)(=O)=O)cccc1[N+](=O)[O-]. The van der Waals surface area contributed by atoms with Gasteiger partial charge in [0.1, 0.15) is 12.4 Å². The van der Waals surface area contributed by atoms with Gasteiger partial charge in [-0.25, -0.2) is 8.42 Å². The van der Waals surface area contributed by atoms with Gasteiger partial charge in [0.25, 0.3) is 11.6 Å². The normalized spacial score (nSPS) is 11.6. The van der Waals surface area contributed by atoms with Gasteiger partial charge in [0.15, 0.2) is 0 Å². The summed E-state index contributed by atoms with van der Waals surface area (Å²) in [6.07, 6.45) is 1.05. The molecular formula is C28H33N3O6S. The number of nitro benzene ring substituents is 1. The van der Waals surface area contributed by atoms with E-state index in [0.717, 1.165) is 16.3 Å². The summed E-state index contributed by atoms with van der Waals surface area (Å²) in [5.74, 6) is 0.448. The van der Waals surface area contributed by atoms with Gasteiger partial charge < -0.3 is 10.1 Å². The average Bonchev–Trinajstić information content (AvgIpc) is 2.84. The molecule has 0 bridgehead atoms. The van der Waals surface area contributed by atoms with E-state index < -0.39 is 14.9 Å². The van der Waals surface area contributed by atoms with Crippen LogP contribution in [-0.2, 0) is 22.0 Å². The Morgan fingerprint density at radius 2 is 1.66 bits per heavy atom. The molecule has 202 valence electrons. The molecule has 0 aliphatic heterocycles. The number of rotatable bonds is 10. The molecule has 10 heteroatoms. The van der Waals surface area contributed by atoms with Gasteiger partial charge in [-0.1, -0.05) is 51.1 Å². The summed E-state index contributed by atoms with van der Waals surface area (Å²) in [5, 5.41) is 14.1. The number of carbonyl (C=O) groups excluding carboxylic acids is 1. The maximum atomic E-state index is 12.5. The number of nitrogens with zero attached hydrogens (tertiary/aromatic N) is 2. The van der Waals surface area contributed by atoms with Crippen LogP contribution < -0.4 is 14.4 Å². The van der Waals surface area contributed by atoms with Gasteiger partial charge in [-0.3, -0.25) is 19.2 Å². The van der Waals surface area contributed by atoms with Gasteiger partial charge in [0.05, 0.1) is 35.5 Å². The Labute approximate surface area is 223 Å². The molecule has 0 heterocycles. The second-order valence-electron chi connectivity index (χ2n) is 10.0. The first-order chi connectivity index (χ1) is 17.8. The topological polar surface area (TPSA) is 119 Å². The van der Waals surface area contributed by atoms with Crippen LogP contribution in [0.25, 0.3) is 0 Å². The number of anilines is 1. The number of nitrogens with one attached hydrogen (secondary N) is 1. The fourth-order valence-electron chi connectivity index (χ4n) is 3.87. The average molecular weight is 540 g/mol. The largest absolute Gasteiger partial charge is 0.492 e. The van der Waals surface area contributed by atoms with E-state index in [4.69, 9.17) is 4.74 Å². The van der Waals surface area contributed by atoms with E-state index in [2.05, 4.69) is 26.1 Å². The Balaban J connectivity index is 1.60. The zero-order chi connectivity index (χ0) is 28.1. The molecule has 0 aromatic heterocycles. The second-order valence-corrected chi connectivity index (χ2v) is 11.9. The Bertz CT molecular complexity index is 1400. The van der Waals surface area contributed by atoms with E-state index >= 15 is 0 Å². The number of benzene rings is 3. The van der Waals surface area contributed by atoms with Crippen molar-refractivity contribution in [2.75, 3.05) is 23.7 Å². The van der Waals surface area contributed by atoms with Gasteiger partial charge in [-0.2, -0.15) is 0 Å². The fraction of sp³-hybridized carbons (Fsp3) is 0.321. The third kappa shape index (κ3) is 7.32. The van der Waals surface area contributed by atoms with Crippen molar-refractivity contribution < 1.29 is 22.9 Å². The van der Waals surface area contributed by atoms with Crippen LogP contribution in [0.15, 0.2) is 66.7 Å². The van der Waals surface area contributed by atoms with Gasteiger partial charge in [-0.15, -0.1) is 0 Å². The molecule has 38 heavy (non-hydrogen) atoms. The number of ether oxygens (including phenoxy) is 1. The predicted octanol–water partition coefficient (Wildman–Crippen LogP) is 4.98. The molecule has 0 atom stereocenters. The number of carbonyl (C=O) groups is 1. The Morgan fingerprint density at radius 1 is 1.03 bits per heavy atom. The third-order valence-electron chi connectivity index (χ3n) is 6.06. The van der Waals surface area contributed by atoms with Crippen LogP contribution in [-0.4, -0.2) is 38.7 Å². The van der Waals surface area contributed by atoms with Crippen molar-refractivity contribution in [3.8, 4) is 5.75 Å². The molecule has 0 saturated heterocycles. The van der Waals surface area contributed by atoms with Crippen LogP contribution in [0.4, 0.5) is 11.4 Å². The van der Waals surface area contributed by atoms with E-state index in [1.54, 1.807) is 24.3 Å². The van der Waals surface area contributed by atoms with Crippen molar-refractivity contribution in [2.45, 2.75) is 39.7 Å². The van der Waals surface area contributed by atoms with Crippen molar-refractivity contribution in [3.05, 3.63) is 99.1 Å². The highest BCUT2D eigenvalue weighted by molar-refractivity contribution is 7.92. The summed E-state index contributed by atoms with van der Waals surface area (Å²) in [5.41, 5.74) is 2.64. The van der Waals surface area contributed by atoms with Crippen LogP contribution in [0.5, 0.6) is 5.75 Å². The highest BCUT2D eigenvalue weighted by Gasteiger charge is 2.24. The van der Waals surface area contributed by atoms with Crippen molar-refractivity contribution in [2.24, 2.45) is 0 Å². The summed E-state index contributed by atoms with van der Waals surface area (Å²) in [6.45, 7) is 8.54. The Kier molecular flexibility index (Phi) is 8.78. The number of nitro groups is 1. The molecule has 0 radical (unpaired) electrons. The van der Waals surface area contributed by atoms with E-state index in [-0.39, 0.29) is 34.8 Å². The number of hydrogen-bond donors (Lipinski definition) is 1. The smallest absolute Gasteiger partial charge is 0.274 e. The minimum absolute atomic E-state index is 0.0371.